The molecule has 0 bridgehead atoms. The zero-order valence-corrected chi connectivity index (χ0v) is 16.0. The van der Waals surface area contributed by atoms with Gasteiger partial charge in [0.1, 0.15) is 0 Å². The molecule has 4 nitrogen and oxygen atoms in total. The predicted octanol–water partition coefficient (Wildman–Crippen LogP) is 4.33. The zero-order chi connectivity index (χ0) is 18.1. The topological polar surface area (TPSA) is 56.3 Å². The van der Waals surface area contributed by atoms with Gasteiger partial charge in [-0.2, -0.15) is 0 Å². The Kier molecular flexibility index (Phi) is 5.55. The molecule has 0 N–H and O–H groups in total. The van der Waals surface area contributed by atoms with Crippen molar-refractivity contribution in [3.05, 3.63) is 60.5 Å². The van der Waals surface area contributed by atoms with Crippen LogP contribution in [-0.4, -0.2) is 18.9 Å². The quantitative estimate of drug-likeness (QED) is 0.490. The van der Waals surface area contributed by atoms with Crippen LogP contribution in [0.15, 0.2) is 36.7 Å². The summed E-state index contributed by atoms with van der Waals surface area (Å²) in [5.41, 5.74) is -3.11. The SMILES string of the molecule is Cc1cc(C)c(I(OS(=O)(=O)C(F)(F)F)c2cccnc2)c(C)c1. The van der Waals surface area contributed by atoms with Crippen LogP contribution in [0, 0.1) is 27.9 Å². The van der Waals surface area contributed by atoms with Crippen LogP contribution in [0.1, 0.15) is 16.7 Å². The van der Waals surface area contributed by atoms with E-state index in [4.69, 9.17) is 2.51 Å². The Morgan fingerprint density at radius 3 is 2.17 bits per heavy atom. The third-order valence-electron chi connectivity index (χ3n) is 3.01. The van der Waals surface area contributed by atoms with E-state index in [1.807, 2.05) is 6.92 Å². The molecule has 1 heterocycles. The molecule has 2 aromatic rings. The first-order valence-corrected chi connectivity index (χ1v) is 11.2. The molecule has 0 saturated heterocycles. The van der Waals surface area contributed by atoms with Crippen molar-refractivity contribution in [1.82, 2.24) is 4.98 Å². The van der Waals surface area contributed by atoms with Gasteiger partial charge in [-0.1, -0.05) is 0 Å². The Hall–Kier alpha value is -1.20. The number of alkyl halides is 3. The van der Waals surface area contributed by atoms with E-state index in [1.165, 1.54) is 12.4 Å². The molecule has 132 valence electrons. The average Bonchev–Trinajstić information content (AvgIpc) is 2.44. The first kappa shape index (κ1) is 19.1. The minimum atomic E-state index is -5.70. The molecule has 0 saturated carbocycles. The molecule has 1 aromatic carbocycles. The average molecular weight is 473 g/mol. The third kappa shape index (κ3) is 4.06. The summed E-state index contributed by atoms with van der Waals surface area (Å²) in [5.74, 6) is 0. The van der Waals surface area contributed by atoms with Gasteiger partial charge in [-0.15, -0.1) is 0 Å². The van der Waals surface area contributed by atoms with E-state index in [2.05, 4.69) is 4.98 Å². The second-order valence-electron chi connectivity index (χ2n) is 5.10. The second kappa shape index (κ2) is 6.96. The van der Waals surface area contributed by atoms with E-state index < -0.39 is 35.9 Å². The number of rotatable bonds is 4. The normalized spacial score (nSPS) is 13.0. The van der Waals surface area contributed by atoms with Crippen LogP contribution in [0.25, 0.3) is 0 Å². The number of hydrogen-bond acceptors (Lipinski definition) is 4. The van der Waals surface area contributed by atoms with Crippen LogP contribution in [0.5, 0.6) is 0 Å². The molecule has 9 heteroatoms. The molecule has 0 aliphatic heterocycles. The van der Waals surface area contributed by atoms with Gasteiger partial charge in [0.15, 0.2) is 0 Å². The Morgan fingerprint density at radius 2 is 1.71 bits per heavy atom. The van der Waals surface area contributed by atoms with Gasteiger partial charge >= 0.3 is 146 Å². The Labute approximate surface area is 146 Å². The second-order valence-corrected chi connectivity index (χ2v) is 11.4. The standard InChI is InChI=1S/C15H15F3INO3S/c1-10-7-11(2)14(12(3)8-10)19(13-5-4-6-20-9-13)23-24(21,22)15(16,17)18/h4-9H,1-3H3. The minimum absolute atomic E-state index is 0.379. The first-order chi connectivity index (χ1) is 11.0. The van der Waals surface area contributed by atoms with Crippen molar-refractivity contribution >= 4 is 30.4 Å². The number of pyridine rings is 1. The van der Waals surface area contributed by atoms with Gasteiger partial charge in [-0.05, 0) is 0 Å². The van der Waals surface area contributed by atoms with Crippen molar-refractivity contribution in [1.29, 1.82) is 0 Å². The molecule has 0 spiro atoms. The summed E-state index contributed by atoms with van der Waals surface area (Å²) in [6, 6.07) is 6.68. The van der Waals surface area contributed by atoms with Gasteiger partial charge in [0.05, 0.1) is 0 Å². The number of benzene rings is 1. The van der Waals surface area contributed by atoms with Crippen molar-refractivity contribution in [2.75, 3.05) is 0 Å². The summed E-state index contributed by atoms with van der Waals surface area (Å²) in [4.78, 5) is 3.88. The number of aryl methyl sites for hydroxylation is 3. The van der Waals surface area contributed by atoms with Crippen LogP contribution in [0.2, 0.25) is 0 Å². The van der Waals surface area contributed by atoms with Crippen LogP contribution >= 0.6 is 20.2 Å². The summed E-state index contributed by atoms with van der Waals surface area (Å²) < 4.78 is 67.2. The molecule has 2 rings (SSSR count). The van der Waals surface area contributed by atoms with Crippen LogP contribution in [0.3, 0.4) is 0 Å². The molecule has 0 amide bonds. The van der Waals surface area contributed by atoms with Gasteiger partial charge < -0.3 is 0 Å². The zero-order valence-electron chi connectivity index (χ0n) is 13.1. The van der Waals surface area contributed by atoms with Crippen molar-refractivity contribution in [3.63, 3.8) is 0 Å². The summed E-state index contributed by atoms with van der Waals surface area (Å²) in [6.45, 7) is 5.33. The molecular formula is C15H15F3INO3S. The van der Waals surface area contributed by atoms with Crippen molar-refractivity contribution in [2.45, 2.75) is 26.3 Å². The van der Waals surface area contributed by atoms with Crippen LogP contribution < -0.4 is 0 Å². The molecule has 0 aliphatic carbocycles. The fraction of sp³-hybridized carbons (Fsp3) is 0.267. The van der Waals surface area contributed by atoms with Crippen LogP contribution in [0.4, 0.5) is 13.2 Å². The van der Waals surface area contributed by atoms with Gasteiger partial charge in [-0.25, -0.2) is 0 Å². The maximum absolute atomic E-state index is 12.8. The van der Waals surface area contributed by atoms with Gasteiger partial charge in [-0.3, -0.25) is 0 Å². The van der Waals surface area contributed by atoms with Crippen LogP contribution in [-0.2, 0) is 12.6 Å². The number of hydrogen-bond donors (Lipinski definition) is 0. The Bertz CT molecular complexity index is 816. The predicted molar refractivity (Wildman–Crippen MR) is 92.4 cm³/mol. The van der Waals surface area contributed by atoms with Crippen molar-refractivity contribution in [3.8, 4) is 0 Å². The summed E-state index contributed by atoms with van der Waals surface area (Å²) in [7, 11) is -5.70. The fourth-order valence-corrected chi connectivity index (χ4v) is 9.17. The number of halogens is 4. The van der Waals surface area contributed by atoms with E-state index in [0.29, 0.717) is 18.3 Å². The van der Waals surface area contributed by atoms with E-state index in [1.54, 1.807) is 38.1 Å². The van der Waals surface area contributed by atoms with Crippen molar-refractivity contribution < 1.29 is 24.1 Å². The Balaban J connectivity index is 2.62. The third-order valence-corrected chi connectivity index (χ3v) is 10.8. The van der Waals surface area contributed by atoms with E-state index >= 15 is 0 Å². The Morgan fingerprint density at radius 1 is 1.12 bits per heavy atom. The molecule has 1 aromatic heterocycles. The first-order valence-electron chi connectivity index (χ1n) is 6.72. The number of aromatic nitrogens is 1. The van der Waals surface area contributed by atoms with Crippen molar-refractivity contribution in [2.24, 2.45) is 0 Å². The fourth-order valence-electron chi connectivity index (χ4n) is 2.17. The molecule has 0 radical (unpaired) electrons. The van der Waals surface area contributed by atoms with Gasteiger partial charge in [0.25, 0.3) is 0 Å². The molecule has 0 fully saturated rings. The summed E-state index contributed by atoms with van der Waals surface area (Å²) in [6.07, 6.45) is 2.82. The maximum atomic E-state index is 12.8. The summed E-state index contributed by atoms with van der Waals surface area (Å²) in [5, 5.41) is 0. The molecule has 24 heavy (non-hydrogen) atoms. The number of nitrogens with zero attached hydrogens (tertiary/aromatic N) is 1. The molecular weight excluding hydrogens is 458 g/mol. The molecule has 0 unspecified atom stereocenters. The molecule has 0 atom stereocenters. The van der Waals surface area contributed by atoms with E-state index in [-0.39, 0.29) is 0 Å². The monoisotopic (exact) mass is 473 g/mol. The summed E-state index contributed by atoms with van der Waals surface area (Å²) >= 11 is -3.37. The molecule has 0 aliphatic rings. The van der Waals surface area contributed by atoms with E-state index in [9.17, 15) is 21.6 Å². The van der Waals surface area contributed by atoms with Gasteiger partial charge in [0.2, 0.25) is 0 Å². The van der Waals surface area contributed by atoms with Gasteiger partial charge in [0, 0.05) is 0 Å². The van der Waals surface area contributed by atoms with E-state index in [0.717, 1.165) is 5.56 Å².